The van der Waals surface area contributed by atoms with E-state index in [1.807, 2.05) is 10.9 Å². The summed E-state index contributed by atoms with van der Waals surface area (Å²) in [4.78, 5) is 0. The summed E-state index contributed by atoms with van der Waals surface area (Å²) in [6, 6.07) is 0.0123. The van der Waals surface area contributed by atoms with Crippen molar-refractivity contribution in [2.24, 2.45) is 0 Å². The lowest BCUT2D eigenvalue weighted by Crippen LogP contribution is -2.35. The van der Waals surface area contributed by atoms with E-state index in [2.05, 4.69) is 38.1 Å². The molecule has 0 aliphatic carbocycles. The van der Waals surface area contributed by atoms with E-state index in [1.54, 1.807) is 0 Å². The summed E-state index contributed by atoms with van der Waals surface area (Å²) in [5, 5.41) is 7.91. The first kappa shape index (κ1) is 15.5. The third kappa shape index (κ3) is 3.61. The third-order valence-electron chi connectivity index (χ3n) is 3.68. The van der Waals surface area contributed by atoms with Crippen LogP contribution < -0.4 is 5.32 Å². The molecule has 6 heteroatoms. The smallest absolute Gasteiger partial charge is 0.152 e. The lowest BCUT2D eigenvalue weighted by Gasteiger charge is -2.21. The zero-order valence-corrected chi connectivity index (χ0v) is 13.6. The van der Waals surface area contributed by atoms with Crippen molar-refractivity contribution < 1.29 is 8.42 Å². The summed E-state index contributed by atoms with van der Waals surface area (Å²) in [6.45, 7) is 9.26. The van der Waals surface area contributed by atoms with E-state index in [1.165, 1.54) is 5.56 Å². The molecule has 1 unspecified atom stereocenters. The molecule has 2 heterocycles. The van der Waals surface area contributed by atoms with Crippen LogP contribution in [0.3, 0.4) is 0 Å². The van der Waals surface area contributed by atoms with Gasteiger partial charge in [-0.05, 0) is 33.6 Å². The van der Waals surface area contributed by atoms with E-state index >= 15 is 0 Å². The molecule has 20 heavy (non-hydrogen) atoms. The molecular weight excluding hydrogens is 274 g/mol. The molecule has 0 aromatic carbocycles. The Morgan fingerprint density at radius 2 is 2.15 bits per heavy atom. The van der Waals surface area contributed by atoms with Gasteiger partial charge >= 0.3 is 0 Å². The van der Waals surface area contributed by atoms with Gasteiger partial charge in [0, 0.05) is 23.3 Å². The largest absolute Gasteiger partial charge is 0.308 e. The highest BCUT2D eigenvalue weighted by molar-refractivity contribution is 7.91. The van der Waals surface area contributed by atoms with Crippen LogP contribution in [0.1, 0.15) is 51.4 Å². The van der Waals surface area contributed by atoms with Crippen LogP contribution in [0.4, 0.5) is 0 Å². The molecule has 1 saturated heterocycles. The van der Waals surface area contributed by atoms with Gasteiger partial charge in [0.15, 0.2) is 9.84 Å². The first-order valence-corrected chi connectivity index (χ1v) is 9.04. The standard InChI is InChI=1S/C14H25N3O2S/c1-5-13-11(8-15-14(2,3)4)9-16-17(13)12-6-7-20(18,19)10-12/h9,12,15H,5-8,10H2,1-4H3. The quantitative estimate of drug-likeness (QED) is 0.919. The summed E-state index contributed by atoms with van der Waals surface area (Å²) < 4.78 is 25.2. The van der Waals surface area contributed by atoms with Crippen molar-refractivity contribution in [1.29, 1.82) is 0 Å². The minimum Gasteiger partial charge on any atom is -0.308 e. The van der Waals surface area contributed by atoms with E-state index < -0.39 is 9.84 Å². The predicted octanol–water partition coefficient (Wildman–Crippen LogP) is 1.69. The molecule has 114 valence electrons. The van der Waals surface area contributed by atoms with Gasteiger partial charge in [-0.15, -0.1) is 0 Å². The number of sulfone groups is 1. The molecule has 1 aliphatic heterocycles. The van der Waals surface area contributed by atoms with Crippen molar-refractivity contribution in [3.63, 3.8) is 0 Å². The zero-order chi connectivity index (χ0) is 15.0. The van der Waals surface area contributed by atoms with Gasteiger partial charge in [-0.2, -0.15) is 5.10 Å². The number of nitrogens with zero attached hydrogens (tertiary/aromatic N) is 2. The Bertz CT molecular complexity index is 570. The highest BCUT2D eigenvalue weighted by Gasteiger charge is 2.31. The first-order valence-electron chi connectivity index (χ1n) is 7.22. The monoisotopic (exact) mass is 299 g/mol. The number of nitrogens with one attached hydrogen (secondary N) is 1. The predicted molar refractivity (Wildman–Crippen MR) is 80.5 cm³/mol. The Kier molecular flexibility index (Phi) is 4.25. The van der Waals surface area contributed by atoms with Crippen LogP contribution in [0.25, 0.3) is 0 Å². The third-order valence-corrected chi connectivity index (χ3v) is 5.43. The Balaban J connectivity index is 2.18. The molecule has 2 rings (SSSR count). The second kappa shape index (κ2) is 5.48. The van der Waals surface area contributed by atoms with Crippen molar-refractivity contribution in [2.75, 3.05) is 11.5 Å². The van der Waals surface area contributed by atoms with Gasteiger partial charge in [0.1, 0.15) is 0 Å². The van der Waals surface area contributed by atoms with Gasteiger partial charge in [-0.3, -0.25) is 4.68 Å². The van der Waals surface area contributed by atoms with Gasteiger partial charge in [-0.25, -0.2) is 8.42 Å². The van der Waals surface area contributed by atoms with Crippen molar-refractivity contribution in [2.45, 2.75) is 58.7 Å². The van der Waals surface area contributed by atoms with Crippen LogP contribution in [0.5, 0.6) is 0 Å². The highest BCUT2D eigenvalue weighted by atomic mass is 32.2. The molecule has 1 atom stereocenters. The first-order chi connectivity index (χ1) is 9.22. The molecule has 1 aromatic heterocycles. The summed E-state index contributed by atoms with van der Waals surface area (Å²) in [7, 11) is -2.87. The lowest BCUT2D eigenvalue weighted by molar-refractivity contribution is 0.422. The number of hydrogen-bond acceptors (Lipinski definition) is 4. The summed E-state index contributed by atoms with van der Waals surface area (Å²) in [5.74, 6) is 0.518. The molecule has 1 aromatic rings. The highest BCUT2D eigenvalue weighted by Crippen LogP contribution is 2.26. The van der Waals surface area contributed by atoms with E-state index in [-0.39, 0.29) is 23.1 Å². The Labute approximate surface area is 121 Å². The maximum atomic E-state index is 11.6. The van der Waals surface area contributed by atoms with Gasteiger partial charge < -0.3 is 5.32 Å². The number of aromatic nitrogens is 2. The average Bonchev–Trinajstić information content (AvgIpc) is 2.88. The summed E-state index contributed by atoms with van der Waals surface area (Å²) in [5.41, 5.74) is 2.39. The van der Waals surface area contributed by atoms with Crippen molar-refractivity contribution in [1.82, 2.24) is 15.1 Å². The fourth-order valence-corrected chi connectivity index (χ4v) is 4.30. The van der Waals surface area contributed by atoms with E-state index in [4.69, 9.17) is 0 Å². The normalized spacial score (nSPS) is 22.3. The maximum absolute atomic E-state index is 11.6. The minimum absolute atomic E-state index is 0.0123. The fourth-order valence-electron chi connectivity index (χ4n) is 2.60. The molecule has 0 amide bonds. The number of hydrogen-bond donors (Lipinski definition) is 1. The molecular formula is C14H25N3O2S. The molecule has 0 spiro atoms. The van der Waals surface area contributed by atoms with Crippen molar-refractivity contribution in [3.05, 3.63) is 17.5 Å². The van der Waals surface area contributed by atoms with E-state index in [0.717, 1.165) is 18.7 Å². The molecule has 0 saturated carbocycles. The molecule has 1 aliphatic rings. The van der Waals surface area contributed by atoms with Gasteiger partial charge in [0.05, 0.1) is 23.7 Å². The molecule has 0 radical (unpaired) electrons. The second-order valence-corrected chi connectivity index (χ2v) is 8.80. The van der Waals surface area contributed by atoms with E-state index in [9.17, 15) is 8.42 Å². The molecule has 1 fully saturated rings. The van der Waals surface area contributed by atoms with Crippen molar-refractivity contribution >= 4 is 9.84 Å². The minimum atomic E-state index is -2.87. The molecule has 0 bridgehead atoms. The SMILES string of the molecule is CCc1c(CNC(C)(C)C)cnn1C1CCS(=O)(=O)C1. The van der Waals surface area contributed by atoms with Crippen LogP contribution in [0.15, 0.2) is 6.20 Å². The summed E-state index contributed by atoms with van der Waals surface area (Å²) in [6.07, 6.45) is 3.43. The Morgan fingerprint density at radius 3 is 2.65 bits per heavy atom. The lowest BCUT2D eigenvalue weighted by atomic mass is 10.1. The van der Waals surface area contributed by atoms with Gasteiger partial charge in [0.25, 0.3) is 0 Å². The van der Waals surface area contributed by atoms with Gasteiger partial charge in [-0.1, -0.05) is 6.92 Å². The van der Waals surface area contributed by atoms with Crippen molar-refractivity contribution in [3.8, 4) is 0 Å². The zero-order valence-electron chi connectivity index (χ0n) is 12.8. The molecule has 1 N–H and O–H groups in total. The Morgan fingerprint density at radius 1 is 1.45 bits per heavy atom. The maximum Gasteiger partial charge on any atom is 0.152 e. The topological polar surface area (TPSA) is 64.0 Å². The number of rotatable bonds is 4. The summed E-state index contributed by atoms with van der Waals surface area (Å²) >= 11 is 0. The molecule has 5 nitrogen and oxygen atoms in total. The Hall–Kier alpha value is -0.880. The van der Waals surface area contributed by atoms with Crippen LogP contribution in [-0.2, 0) is 22.8 Å². The van der Waals surface area contributed by atoms with Crippen LogP contribution in [-0.4, -0.2) is 35.2 Å². The van der Waals surface area contributed by atoms with E-state index in [0.29, 0.717) is 6.42 Å². The van der Waals surface area contributed by atoms with Crippen LogP contribution in [0, 0.1) is 0 Å². The average molecular weight is 299 g/mol. The van der Waals surface area contributed by atoms with Crippen LogP contribution >= 0.6 is 0 Å². The fraction of sp³-hybridized carbons (Fsp3) is 0.786. The van der Waals surface area contributed by atoms with Gasteiger partial charge in [0.2, 0.25) is 0 Å². The van der Waals surface area contributed by atoms with Crippen LogP contribution in [0.2, 0.25) is 0 Å². The second-order valence-electron chi connectivity index (χ2n) is 6.58.